The van der Waals surface area contributed by atoms with Gasteiger partial charge in [-0.25, -0.2) is 0 Å². The van der Waals surface area contributed by atoms with Crippen LogP contribution in [0, 0.1) is 11.3 Å². The molecule has 22 heavy (non-hydrogen) atoms. The lowest BCUT2D eigenvalue weighted by molar-refractivity contribution is -0.142. The Morgan fingerprint density at radius 2 is 2.09 bits per heavy atom. The molecule has 0 radical (unpaired) electrons. The van der Waals surface area contributed by atoms with Crippen LogP contribution >= 0.6 is 0 Å². The lowest BCUT2D eigenvalue weighted by Gasteiger charge is -2.42. The van der Waals surface area contributed by atoms with Crippen molar-refractivity contribution in [3.05, 3.63) is 0 Å². The summed E-state index contributed by atoms with van der Waals surface area (Å²) in [7, 11) is 0. The molecule has 2 rings (SSSR count). The van der Waals surface area contributed by atoms with Crippen LogP contribution in [0.3, 0.4) is 0 Å². The van der Waals surface area contributed by atoms with Crippen LogP contribution in [0.5, 0.6) is 0 Å². The van der Waals surface area contributed by atoms with Gasteiger partial charge in [-0.1, -0.05) is 20.3 Å². The quantitative estimate of drug-likeness (QED) is 0.784. The molecule has 5 nitrogen and oxygen atoms in total. The molecule has 0 aromatic rings. The van der Waals surface area contributed by atoms with Crippen molar-refractivity contribution in [3.63, 3.8) is 0 Å². The Labute approximate surface area is 133 Å². The van der Waals surface area contributed by atoms with Crippen LogP contribution in [0.4, 0.5) is 0 Å². The summed E-state index contributed by atoms with van der Waals surface area (Å²) in [6.07, 6.45) is 5.26. The van der Waals surface area contributed by atoms with E-state index in [9.17, 15) is 14.7 Å². The summed E-state index contributed by atoms with van der Waals surface area (Å²) >= 11 is 0. The summed E-state index contributed by atoms with van der Waals surface area (Å²) < 4.78 is 0. The number of nitrogens with one attached hydrogen (secondary N) is 1. The van der Waals surface area contributed by atoms with E-state index in [1.807, 2.05) is 4.90 Å². The second-order valence-corrected chi connectivity index (χ2v) is 7.43. The number of aliphatic hydroxyl groups excluding tert-OH is 1. The summed E-state index contributed by atoms with van der Waals surface area (Å²) in [6.45, 7) is 7.42. The first kappa shape index (κ1) is 17.3. The monoisotopic (exact) mass is 310 g/mol. The first-order valence-corrected chi connectivity index (χ1v) is 8.63. The third-order valence-electron chi connectivity index (χ3n) is 4.94. The average molecular weight is 310 g/mol. The van der Waals surface area contributed by atoms with Crippen LogP contribution in [-0.2, 0) is 9.59 Å². The van der Waals surface area contributed by atoms with Crippen LogP contribution in [-0.4, -0.2) is 47.1 Å². The van der Waals surface area contributed by atoms with Gasteiger partial charge in [0.25, 0.3) is 0 Å². The first-order chi connectivity index (χ1) is 10.4. The SMILES string of the molecule is CCCC1(C)CCCN(C(=O)C(NC(=O)C2CC2)C(C)O)C1. The van der Waals surface area contributed by atoms with Crippen LogP contribution in [0.2, 0.25) is 0 Å². The van der Waals surface area contributed by atoms with E-state index in [4.69, 9.17) is 0 Å². The zero-order valence-electron chi connectivity index (χ0n) is 14.1. The third-order valence-corrected chi connectivity index (χ3v) is 4.94. The molecule has 1 aliphatic heterocycles. The highest BCUT2D eigenvalue weighted by atomic mass is 16.3. The van der Waals surface area contributed by atoms with Gasteiger partial charge in [0.05, 0.1) is 6.10 Å². The van der Waals surface area contributed by atoms with Gasteiger partial charge in [0.2, 0.25) is 11.8 Å². The van der Waals surface area contributed by atoms with Crippen molar-refractivity contribution in [2.24, 2.45) is 11.3 Å². The van der Waals surface area contributed by atoms with E-state index in [1.165, 1.54) is 0 Å². The summed E-state index contributed by atoms with van der Waals surface area (Å²) in [5.41, 5.74) is 0.159. The molecule has 0 bridgehead atoms. The number of carbonyl (C=O) groups is 2. The summed E-state index contributed by atoms with van der Waals surface area (Å²) in [4.78, 5) is 26.5. The fraction of sp³-hybridized carbons (Fsp3) is 0.882. The molecule has 126 valence electrons. The molecule has 0 spiro atoms. The van der Waals surface area contributed by atoms with E-state index in [2.05, 4.69) is 19.2 Å². The highest BCUT2D eigenvalue weighted by Gasteiger charge is 2.38. The van der Waals surface area contributed by atoms with Crippen molar-refractivity contribution in [3.8, 4) is 0 Å². The van der Waals surface area contributed by atoms with Crippen molar-refractivity contribution in [1.29, 1.82) is 0 Å². The molecular formula is C17H30N2O3. The Bertz CT molecular complexity index is 416. The van der Waals surface area contributed by atoms with Gasteiger partial charge in [-0.05, 0) is 44.4 Å². The lowest BCUT2D eigenvalue weighted by Crippen LogP contribution is -2.57. The van der Waals surface area contributed by atoms with Crippen LogP contribution in [0.25, 0.3) is 0 Å². The van der Waals surface area contributed by atoms with Crippen molar-refractivity contribution in [2.75, 3.05) is 13.1 Å². The van der Waals surface area contributed by atoms with Crippen molar-refractivity contribution >= 4 is 11.8 Å². The number of likely N-dealkylation sites (tertiary alicyclic amines) is 1. The molecule has 1 saturated heterocycles. The Morgan fingerprint density at radius 3 is 2.64 bits per heavy atom. The molecule has 3 atom stereocenters. The van der Waals surface area contributed by atoms with E-state index < -0.39 is 12.1 Å². The van der Waals surface area contributed by atoms with Crippen LogP contribution in [0.1, 0.15) is 59.3 Å². The minimum atomic E-state index is -0.866. The van der Waals surface area contributed by atoms with E-state index >= 15 is 0 Å². The minimum absolute atomic E-state index is 0.0424. The highest BCUT2D eigenvalue weighted by molar-refractivity contribution is 5.89. The zero-order chi connectivity index (χ0) is 16.3. The summed E-state index contributed by atoms with van der Waals surface area (Å²) in [6, 6.07) is -0.808. The van der Waals surface area contributed by atoms with Gasteiger partial charge in [-0.3, -0.25) is 9.59 Å². The number of nitrogens with zero attached hydrogens (tertiary/aromatic N) is 1. The maximum atomic E-state index is 12.8. The molecule has 1 heterocycles. The van der Waals surface area contributed by atoms with Gasteiger partial charge in [0, 0.05) is 19.0 Å². The van der Waals surface area contributed by atoms with E-state index in [0.717, 1.165) is 51.6 Å². The molecule has 0 aromatic heterocycles. The number of rotatable bonds is 6. The standard InChI is InChI=1S/C17H30N2O3/c1-4-8-17(3)9-5-10-19(11-17)16(22)14(12(2)20)18-15(21)13-6-7-13/h12-14,20H,4-11H2,1-3H3,(H,18,21). The lowest BCUT2D eigenvalue weighted by atomic mass is 9.78. The Morgan fingerprint density at radius 1 is 1.41 bits per heavy atom. The molecule has 2 aliphatic rings. The molecule has 2 amide bonds. The second kappa shape index (κ2) is 6.99. The number of piperidine rings is 1. The fourth-order valence-electron chi connectivity index (χ4n) is 3.51. The van der Waals surface area contributed by atoms with Crippen molar-refractivity contribution in [2.45, 2.75) is 71.4 Å². The van der Waals surface area contributed by atoms with Gasteiger partial charge in [0.1, 0.15) is 6.04 Å². The number of amides is 2. The Hall–Kier alpha value is -1.10. The van der Waals surface area contributed by atoms with Gasteiger partial charge < -0.3 is 15.3 Å². The predicted molar refractivity (Wildman–Crippen MR) is 85.2 cm³/mol. The Balaban J connectivity index is 2.00. The number of hydrogen-bond donors (Lipinski definition) is 2. The van der Waals surface area contributed by atoms with Gasteiger partial charge in [0.15, 0.2) is 0 Å². The smallest absolute Gasteiger partial charge is 0.247 e. The van der Waals surface area contributed by atoms with Gasteiger partial charge >= 0.3 is 0 Å². The molecule has 2 fully saturated rings. The van der Waals surface area contributed by atoms with Gasteiger partial charge in [-0.15, -0.1) is 0 Å². The number of carbonyl (C=O) groups excluding carboxylic acids is 2. The number of aliphatic hydroxyl groups is 1. The molecule has 5 heteroatoms. The number of hydrogen-bond acceptors (Lipinski definition) is 3. The molecule has 0 aromatic carbocycles. The van der Waals surface area contributed by atoms with Gasteiger partial charge in [-0.2, -0.15) is 0 Å². The van der Waals surface area contributed by atoms with E-state index in [1.54, 1.807) is 6.92 Å². The molecule has 1 aliphatic carbocycles. The second-order valence-electron chi connectivity index (χ2n) is 7.43. The molecule has 2 N–H and O–H groups in total. The largest absolute Gasteiger partial charge is 0.391 e. The highest BCUT2D eigenvalue weighted by Crippen LogP contribution is 2.34. The maximum absolute atomic E-state index is 12.8. The van der Waals surface area contributed by atoms with Crippen molar-refractivity contribution in [1.82, 2.24) is 10.2 Å². The first-order valence-electron chi connectivity index (χ1n) is 8.63. The topological polar surface area (TPSA) is 69.6 Å². The molecule has 3 unspecified atom stereocenters. The van der Waals surface area contributed by atoms with Crippen LogP contribution in [0.15, 0.2) is 0 Å². The predicted octanol–water partition coefficient (Wildman–Crippen LogP) is 1.69. The van der Waals surface area contributed by atoms with Crippen molar-refractivity contribution < 1.29 is 14.7 Å². The maximum Gasteiger partial charge on any atom is 0.247 e. The summed E-state index contributed by atoms with van der Waals surface area (Å²) in [5, 5.41) is 12.7. The van der Waals surface area contributed by atoms with Crippen LogP contribution < -0.4 is 5.32 Å². The zero-order valence-corrected chi connectivity index (χ0v) is 14.1. The normalized spacial score (nSPS) is 28.1. The summed E-state index contributed by atoms with van der Waals surface area (Å²) in [5.74, 6) is -0.181. The van der Waals surface area contributed by atoms with E-state index in [-0.39, 0.29) is 23.1 Å². The van der Waals surface area contributed by atoms with E-state index in [0.29, 0.717) is 0 Å². The third kappa shape index (κ3) is 4.22. The average Bonchev–Trinajstić information content (AvgIpc) is 3.28. The Kier molecular flexibility index (Phi) is 5.48. The molecule has 1 saturated carbocycles. The molecular weight excluding hydrogens is 280 g/mol. The minimum Gasteiger partial charge on any atom is -0.391 e. The fourth-order valence-corrected chi connectivity index (χ4v) is 3.51.